The van der Waals surface area contributed by atoms with E-state index in [0.29, 0.717) is 6.04 Å². The van der Waals surface area contributed by atoms with E-state index in [1.54, 1.807) is 0 Å². The van der Waals surface area contributed by atoms with Gasteiger partial charge in [-0.05, 0) is 27.4 Å². The summed E-state index contributed by atoms with van der Waals surface area (Å²) in [6, 6.07) is 0.510. The number of rotatable bonds is 7. The maximum absolute atomic E-state index is 4.33. The Labute approximate surface area is 98.7 Å². The third kappa shape index (κ3) is 3.85. The third-order valence-corrected chi connectivity index (χ3v) is 2.91. The van der Waals surface area contributed by atoms with Crippen LogP contribution in [-0.2, 0) is 6.54 Å². The van der Waals surface area contributed by atoms with Gasteiger partial charge in [0.2, 0.25) is 5.95 Å². The standard InChI is InChI=1S/C12H24N4/c1-5-6-8-16-9-7-13-12(16)14-10-11(2)15(3)4/h7,9,11H,5-6,8,10H2,1-4H3,(H,13,14). The highest BCUT2D eigenvalue weighted by Gasteiger charge is 2.06. The number of nitrogens with one attached hydrogen (secondary N) is 1. The molecule has 0 aliphatic heterocycles. The van der Waals surface area contributed by atoms with Gasteiger partial charge in [0.1, 0.15) is 0 Å². The number of unbranched alkanes of at least 4 members (excludes halogenated alkanes) is 1. The molecule has 0 bridgehead atoms. The Morgan fingerprint density at radius 1 is 1.50 bits per heavy atom. The van der Waals surface area contributed by atoms with Gasteiger partial charge >= 0.3 is 0 Å². The SMILES string of the molecule is CCCCn1ccnc1NCC(C)N(C)C. The van der Waals surface area contributed by atoms with Crippen molar-refractivity contribution in [3.05, 3.63) is 12.4 Å². The highest BCUT2D eigenvalue weighted by Crippen LogP contribution is 2.06. The van der Waals surface area contributed by atoms with E-state index in [1.807, 2.05) is 12.4 Å². The molecule has 1 aromatic heterocycles. The van der Waals surface area contributed by atoms with Gasteiger partial charge in [-0.3, -0.25) is 0 Å². The molecule has 0 saturated carbocycles. The number of aromatic nitrogens is 2. The zero-order valence-electron chi connectivity index (χ0n) is 10.9. The average Bonchev–Trinajstić information content (AvgIpc) is 2.70. The first-order valence-electron chi connectivity index (χ1n) is 6.06. The first kappa shape index (κ1) is 13.0. The molecule has 1 heterocycles. The fourth-order valence-electron chi connectivity index (χ4n) is 1.41. The van der Waals surface area contributed by atoms with E-state index in [2.05, 4.69) is 47.7 Å². The van der Waals surface area contributed by atoms with Crippen LogP contribution in [0.15, 0.2) is 12.4 Å². The van der Waals surface area contributed by atoms with Crippen molar-refractivity contribution in [3.8, 4) is 0 Å². The van der Waals surface area contributed by atoms with Crippen molar-refractivity contribution in [1.29, 1.82) is 0 Å². The van der Waals surface area contributed by atoms with Crippen molar-refractivity contribution >= 4 is 5.95 Å². The Morgan fingerprint density at radius 2 is 2.25 bits per heavy atom. The summed E-state index contributed by atoms with van der Waals surface area (Å²) in [6.45, 7) is 6.38. The Kier molecular flexibility index (Phi) is 5.32. The Bertz CT molecular complexity index is 293. The molecule has 92 valence electrons. The smallest absolute Gasteiger partial charge is 0.202 e. The van der Waals surface area contributed by atoms with Crippen LogP contribution in [0.1, 0.15) is 26.7 Å². The van der Waals surface area contributed by atoms with Crippen LogP contribution >= 0.6 is 0 Å². The van der Waals surface area contributed by atoms with Gasteiger partial charge in [0.15, 0.2) is 0 Å². The zero-order valence-corrected chi connectivity index (χ0v) is 10.9. The molecule has 0 aliphatic rings. The lowest BCUT2D eigenvalue weighted by molar-refractivity contribution is 0.325. The van der Waals surface area contributed by atoms with Crippen LogP contribution < -0.4 is 5.32 Å². The summed E-state index contributed by atoms with van der Waals surface area (Å²) in [5.41, 5.74) is 0. The Balaban J connectivity index is 2.44. The lowest BCUT2D eigenvalue weighted by atomic mass is 10.3. The molecule has 0 spiro atoms. The van der Waals surface area contributed by atoms with Crippen molar-refractivity contribution in [1.82, 2.24) is 14.5 Å². The first-order valence-corrected chi connectivity index (χ1v) is 6.06. The molecule has 1 rings (SSSR count). The molecule has 0 aliphatic carbocycles. The summed E-state index contributed by atoms with van der Waals surface area (Å²) in [4.78, 5) is 6.53. The van der Waals surface area contributed by atoms with Crippen LogP contribution in [-0.4, -0.2) is 41.1 Å². The molecule has 1 aromatic rings. The van der Waals surface area contributed by atoms with Crippen LogP contribution in [0.3, 0.4) is 0 Å². The van der Waals surface area contributed by atoms with Crippen molar-refractivity contribution in [2.75, 3.05) is 26.0 Å². The van der Waals surface area contributed by atoms with E-state index >= 15 is 0 Å². The van der Waals surface area contributed by atoms with E-state index in [1.165, 1.54) is 12.8 Å². The van der Waals surface area contributed by atoms with Crippen LogP contribution in [0, 0.1) is 0 Å². The van der Waals surface area contributed by atoms with E-state index in [0.717, 1.165) is 19.0 Å². The van der Waals surface area contributed by atoms with Crippen LogP contribution in [0.4, 0.5) is 5.95 Å². The molecule has 1 unspecified atom stereocenters. The number of likely N-dealkylation sites (N-methyl/N-ethyl adjacent to an activating group) is 1. The predicted molar refractivity (Wildman–Crippen MR) is 68.8 cm³/mol. The fourth-order valence-corrected chi connectivity index (χ4v) is 1.41. The topological polar surface area (TPSA) is 33.1 Å². The number of anilines is 1. The van der Waals surface area contributed by atoms with Crippen molar-refractivity contribution in [2.45, 2.75) is 39.3 Å². The van der Waals surface area contributed by atoms with E-state index in [-0.39, 0.29) is 0 Å². The molecule has 1 atom stereocenters. The maximum Gasteiger partial charge on any atom is 0.202 e. The minimum Gasteiger partial charge on any atom is -0.354 e. The Morgan fingerprint density at radius 3 is 2.88 bits per heavy atom. The van der Waals surface area contributed by atoms with Gasteiger partial charge in [0, 0.05) is 31.5 Å². The van der Waals surface area contributed by atoms with Crippen LogP contribution in [0.2, 0.25) is 0 Å². The highest BCUT2D eigenvalue weighted by molar-refractivity contribution is 5.25. The second-order valence-corrected chi connectivity index (χ2v) is 4.49. The van der Waals surface area contributed by atoms with Gasteiger partial charge < -0.3 is 14.8 Å². The van der Waals surface area contributed by atoms with Gasteiger partial charge in [-0.1, -0.05) is 13.3 Å². The second kappa shape index (κ2) is 6.53. The predicted octanol–water partition coefficient (Wildman–Crippen LogP) is 2.05. The number of hydrogen-bond donors (Lipinski definition) is 1. The summed E-state index contributed by atoms with van der Waals surface area (Å²) in [5, 5.41) is 3.39. The molecule has 0 radical (unpaired) electrons. The lowest BCUT2D eigenvalue weighted by Gasteiger charge is -2.20. The molecule has 0 aromatic carbocycles. The fraction of sp³-hybridized carbons (Fsp3) is 0.750. The van der Waals surface area contributed by atoms with Gasteiger partial charge in [-0.2, -0.15) is 0 Å². The van der Waals surface area contributed by atoms with Gasteiger partial charge in [-0.25, -0.2) is 4.98 Å². The third-order valence-electron chi connectivity index (χ3n) is 2.91. The second-order valence-electron chi connectivity index (χ2n) is 4.49. The van der Waals surface area contributed by atoms with Crippen molar-refractivity contribution in [3.63, 3.8) is 0 Å². The minimum atomic E-state index is 0.510. The molecule has 0 fully saturated rings. The average molecular weight is 224 g/mol. The highest BCUT2D eigenvalue weighted by atomic mass is 15.2. The molecule has 16 heavy (non-hydrogen) atoms. The van der Waals surface area contributed by atoms with Gasteiger partial charge in [0.25, 0.3) is 0 Å². The van der Waals surface area contributed by atoms with Crippen molar-refractivity contribution < 1.29 is 0 Å². The summed E-state index contributed by atoms with van der Waals surface area (Å²) in [6.07, 6.45) is 6.32. The minimum absolute atomic E-state index is 0.510. The maximum atomic E-state index is 4.33. The Hall–Kier alpha value is -1.03. The summed E-state index contributed by atoms with van der Waals surface area (Å²) >= 11 is 0. The lowest BCUT2D eigenvalue weighted by Crippen LogP contribution is -2.32. The monoisotopic (exact) mass is 224 g/mol. The molecule has 0 amide bonds. The molecule has 1 N–H and O–H groups in total. The zero-order chi connectivity index (χ0) is 12.0. The van der Waals surface area contributed by atoms with Crippen molar-refractivity contribution in [2.24, 2.45) is 0 Å². The van der Waals surface area contributed by atoms with Gasteiger partial charge in [-0.15, -0.1) is 0 Å². The van der Waals surface area contributed by atoms with E-state index in [9.17, 15) is 0 Å². The van der Waals surface area contributed by atoms with E-state index < -0.39 is 0 Å². The number of imidazole rings is 1. The largest absolute Gasteiger partial charge is 0.354 e. The normalized spacial score (nSPS) is 13.1. The molecular weight excluding hydrogens is 200 g/mol. The summed E-state index contributed by atoms with van der Waals surface area (Å²) in [7, 11) is 4.19. The summed E-state index contributed by atoms with van der Waals surface area (Å²) in [5.74, 6) is 0.988. The number of aryl methyl sites for hydroxylation is 1. The van der Waals surface area contributed by atoms with Crippen LogP contribution in [0.5, 0.6) is 0 Å². The number of hydrogen-bond acceptors (Lipinski definition) is 3. The van der Waals surface area contributed by atoms with Crippen LogP contribution in [0.25, 0.3) is 0 Å². The first-order chi connectivity index (χ1) is 7.65. The molecule has 0 saturated heterocycles. The van der Waals surface area contributed by atoms with Gasteiger partial charge in [0.05, 0.1) is 0 Å². The number of nitrogens with zero attached hydrogens (tertiary/aromatic N) is 3. The quantitative estimate of drug-likeness (QED) is 0.769. The molecule has 4 heteroatoms. The van der Waals surface area contributed by atoms with E-state index in [4.69, 9.17) is 0 Å². The molecular formula is C12H24N4. The molecule has 4 nitrogen and oxygen atoms in total. The summed E-state index contributed by atoms with van der Waals surface area (Å²) < 4.78 is 2.19.